The first kappa shape index (κ1) is 11.1. The van der Waals surface area contributed by atoms with Crippen molar-refractivity contribution in [1.29, 1.82) is 0 Å². The van der Waals surface area contributed by atoms with Crippen molar-refractivity contribution in [2.45, 2.75) is 46.9 Å². The Bertz CT molecular complexity index is 81.3. The van der Waals surface area contributed by atoms with Gasteiger partial charge in [-0.25, -0.2) is 0 Å². The van der Waals surface area contributed by atoms with Crippen LogP contribution < -0.4 is 0 Å². The van der Waals surface area contributed by atoms with Gasteiger partial charge >= 0.3 is 73.1 Å². The van der Waals surface area contributed by atoms with E-state index in [2.05, 4.69) is 18.8 Å². The minimum absolute atomic E-state index is 1.29. The summed E-state index contributed by atoms with van der Waals surface area (Å²) < 4.78 is 2.67. The molecular weight excluding hydrogens is 250 g/mol. The molecule has 0 aromatic rings. The average molecular weight is 269 g/mol. The zero-order valence-corrected chi connectivity index (χ0v) is 11.0. The zero-order chi connectivity index (χ0) is 8.04. The molecule has 0 aliphatic carbocycles. The summed E-state index contributed by atoms with van der Waals surface area (Å²) in [5, 5.41) is 0. The van der Waals surface area contributed by atoms with E-state index in [0.29, 0.717) is 0 Å². The van der Waals surface area contributed by atoms with Gasteiger partial charge in [-0.1, -0.05) is 0 Å². The van der Waals surface area contributed by atoms with Gasteiger partial charge in [0.05, 0.1) is 0 Å². The van der Waals surface area contributed by atoms with Crippen molar-refractivity contribution in [2.24, 2.45) is 0 Å². The van der Waals surface area contributed by atoms with Gasteiger partial charge in [0, 0.05) is 0 Å². The third kappa shape index (κ3) is 5.84. The average Bonchev–Trinajstić information content (AvgIpc) is 1.89. The van der Waals surface area contributed by atoms with E-state index in [9.17, 15) is 0 Å². The van der Waals surface area contributed by atoms with Crippen LogP contribution in [0.5, 0.6) is 0 Å². The normalized spacial score (nSPS) is 16.8. The molecule has 0 fully saturated rings. The van der Waals surface area contributed by atoms with Crippen LogP contribution in [0.3, 0.4) is 0 Å². The van der Waals surface area contributed by atoms with Crippen LogP contribution in [0.1, 0.15) is 33.1 Å². The van der Waals surface area contributed by atoms with Crippen LogP contribution in [0.4, 0.5) is 0 Å². The first-order valence-corrected chi connectivity index (χ1v) is 14.8. The maximum atomic E-state index is 6.37. The van der Waals surface area contributed by atoms with Crippen LogP contribution >= 0.6 is 8.92 Å². The van der Waals surface area contributed by atoms with E-state index in [-0.39, 0.29) is 0 Å². The molecule has 0 aliphatic heterocycles. The zero-order valence-electron chi connectivity index (χ0n) is 7.41. The monoisotopic (exact) mass is 270 g/mol. The fourth-order valence-corrected chi connectivity index (χ4v) is 5.64. The van der Waals surface area contributed by atoms with Gasteiger partial charge < -0.3 is 0 Å². The fraction of sp³-hybridized carbons (Fsp3) is 1.00. The van der Waals surface area contributed by atoms with Crippen LogP contribution in [-0.2, 0) is 0 Å². The van der Waals surface area contributed by atoms with Crippen molar-refractivity contribution < 1.29 is 0 Å². The SMILES string of the molecule is CCCC[CH2][Sn]([CH3])([Cl])[CH2]C. The van der Waals surface area contributed by atoms with Gasteiger partial charge in [-0.3, -0.25) is 0 Å². The molecule has 0 spiro atoms. The van der Waals surface area contributed by atoms with E-state index in [1.54, 1.807) is 0 Å². The van der Waals surface area contributed by atoms with Crippen LogP contribution in [0, 0.1) is 0 Å². The summed E-state index contributed by atoms with van der Waals surface area (Å²) in [7, 11) is 6.37. The summed E-state index contributed by atoms with van der Waals surface area (Å²) in [4.78, 5) is 2.34. The Balaban J connectivity index is 3.28. The Morgan fingerprint density at radius 3 is 2.20 bits per heavy atom. The second kappa shape index (κ2) is 5.70. The van der Waals surface area contributed by atoms with E-state index in [0.717, 1.165) is 0 Å². The first-order chi connectivity index (χ1) is 4.62. The Morgan fingerprint density at radius 1 is 1.20 bits per heavy atom. The number of unbranched alkanes of at least 4 members (excludes halogenated alkanes) is 2. The van der Waals surface area contributed by atoms with Crippen molar-refractivity contribution in [1.82, 2.24) is 0 Å². The number of rotatable bonds is 5. The third-order valence-corrected chi connectivity index (χ3v) is 13.3. The Morgan fingerprint density at radius 2 is 1.80 bits per heavy atom. The molecule has 2 heteroatoms. The number of hydrogen-bond donors (Lipinski definition) is 0. The summed E-state index contributed by atoms with van der Waals surface area (Å²) in [5.41, 5.74) is 0. The van der Waals surface area contributed by atoms with Crippen molar-refractivity contribution in [2.75, 3.05) is 0 Å². The molecule has 0 saturated heterocycles. The predicted octanol–water partition coefficient (Wildman–Crippen LogP) is 4.01. The molecule has 0 aliphatic rings. The summed E-state index contributed by atoms with van der Waals surface area (Å²) >= 11 is -1.91. The molecule has 0 aromatic heterocycles. The van der Waals surface area contributed by atoms with Crippen LogP contribution in [0.25, 0.3) is 0 Å². The molecule has 0 nitrogen and oxygen atoms in total. The second-order valence-corrected chi connectivity index (χ2v) is 20.9. The van der Waals surface area contributed by atoms with Gasteiger partial charge in [0.15, 0.2) is 0 Å². The van der Waals surface area contributed by atoms with Gasteiger partial charge in [-0.15, -0.1) is 0 Å². The number of hydrogen-bond acceptors (Lipinski definition) is 0. The van der Waals surface area contributed by atoms with Gasteiger partial charge in [-0.05, 0) is 0 Å². The second-order valence-electron chi connectivity index (χ2n) is 3.22. The summed E-state index contributed by atoms with van der Waals surface area (Å²) in [6.07, 6.45) is 4.07. The molecular formula is C8H19ClSn. The first-order valence-electron chi connectivity index (χ1n) is 4.31. The topological polar surface area (TPSA) is 0 Å². The molecule has 0 rings (SSSR count). The molecule has 0 radical (unpaired) electrons. The van der Waals surface area contributed by atoms with Crippen LogP contribution in [-0.4, -0.2) is 17.3 Å². The van der Waals surface area contributed by atoms with Gasteiger partial charge in [0.2, 0.25) is 0 Å². The standard InChI is InChI=1S/C5H11.C2H5.CH3.ClH.Sn/c1-3-5-4-2;1-2;;;/h1,3-5H2,2H3;1H2,2H3;1H3;1H;/q;;;;+1/p-1. The van der Waals surface area contributed by atoms with Gasteiger partial charge in [0.25, 0.3) is 0 Å². The van der Waals surface area contributed by atoms with Crippen molar-refractivity contribution in [3.8, 4) is 0 Å². The summed E-state index contributed by atoms with van der Waals surface area (Å²) in [6, 6.07) is 0. The molecule has 0 N–H and O–H groups in total. The van der Waals surface area contributed by atoms with E-state index in [4.69, 9.17) is 8.92 Å². The van der Waals surface area contributed by atoms with E-state index >= 15 is 0 Å². The van der Waals surface area contributed by atoms with Crippen LogP contribution in [0.15, 0.2) is 0 Å². The summed E-state index contributed by atoms with van der Waals surface area (Å²) in [6.45, 7) is 4.49. The molecule has 0 bridgehead atoms. The Kier molecular flexibility index (Phi) is 6.32. The van der Waals surface area contributed by atoms with E-state index in [1.807, 2.05) is 0 Å². The van der Waals surface area contributed by atoms with E-state index < -0.39 is 17.3 Å². The molecule has 62 valence electrons. The quantitative estimate of drug-likeness (QED) is 0.522. The van der Waals surface area contributed by atoms with E-state index in [1.165, 1.54) is 28.1 Å². The van der Waals surface area contributed by atoms with Gasteiger partial charge in [0.1, 0.15) is 0 Å². The molecule has 10 heavy (non-hydrogen) atoms. The van der Waals surface area contributed by atoms with Gasteiger partial charge in [-0.2, -0.15) is 0 Å². The Labute approximate surface area is 72.9 Å². The van der Waals surface area contributed by atoms with Crippen LogP contribution in [0.2, 0.25) is 13.8 Å². The molecule has 0 heterocycles. The number of halogens is 1. The molecule has 0 amide bonds. The maximum absolute atomic E-state index is 6.37. The molecule has 0 aromatic carbocycles. The third-order valence-electron chi connectivity index (χ3n) is 2.04. The molecule has 0 saturated carbocycles. The van der Waals surface area contributed by atoms with Crippen molar-refractivity contribution >= 4 is 26.2 Å². The van der Waals surface area contributed by atoms with Crippen molar-refractivity contribution in [3.05, 3.63) is 0 Å². The Hall–Kier alpha value is 1.09. The fourth-order valence-electron chi connectivity index (χ4n) is 0.920. The summed E-state index contributed by atoms with van der Waals surface area (Å²) in [5.74, 6) is 0. The van der Waals surface area contributed by atoms with Crippen molar-refractivity contribution in [3.63, 3.8) is 0 Å². The molecule has 1 unspecified atom stereocenters. The predicted molar refractivity (Wildman–Crippen MR) is 52.3 cm³/mol. The molecule has 1 atom stereocenters. The minimum atomic E-state index is -1.91.